The summed E-state index contributed by atoms with van der Waals surface area (Å²) >= 11 is 0. The summed E-state index contributed by atoms with van der Waals surface area (Å²) in [7, 11) is 0. The van der Waals surface area contributed by atoms with Crippen molar-refractivity contribution in [3.63, 3.8) is 0 Å². The summed E-state index contributed by atoms with van der Waals surface area (Å²) in [6.07, 6.45) is 3.05. The van der Waals surface area contributed by atoms with Crippen LogP contribution in [0, 0.1) is 11.8 Å². The molecule has 4 rings (SSSR count). The van der Waals surface area contributed by atoms with Crippen molar-refractivity contribution in [2.24, 2.45) is 11.8 Å². The highest BCUT2D eigenvalue weighted by Crippen LogP contribution is 2.30. The van der Waals surface area contributed by atoms with Gasteiger partial charge in [0.25, 0.3) is 5.91 Å². The third kappa shape index (κ3) is 4.48. The minimum atomic E-state index is -0.0618. The Morgan fingerprint density at radius 1 is 0.963 bits per heavy atom. The summed E-state index contributed by atoms with van der Waals surface area (Å²) in [5, 5.41) is 5.94. The molecule has 2 N–H and O–H groups in total. The van der Waals surface area contributed by atoms with Crippen LogP contribution in [0.25, 0.3) is 0 Å². The van der Waals surface area contributed by atoms with Crippen LogP contribution in [0.1, 0.15) is 29.6 Å². The lowest BCUT2D eigenvalue weighted by atomic mass is 10.1. The molecule has 0 spiro atoms. The maximum Gasteiger partial charge on any atom is 0.251 e. The van der Waals surface area contributed by atoms with Crippen molar-refractivity contribution in [1.82, 2.24) is 5.32 Å². The number of carbonyl (C=O) groups is 2. The lowest BCUT2D eigenvalue weighted by Gasteiger charge is -2.18. The largest absolute Gasteiger partial charge is 0.371 e. The van der Waals surface area contributed by atoms with Gasteiger partial charge in [-0.15, -0.1) is 0 Å². The van der Waals surface area contributed by atoms with E-state index in [-0.39, 0.29) is 17.7 Å². The van der Waals surface area contributed by atoms with Gasteiger partial charge in [0.15, 0.2) is 0 Å². The Hall–Kier alpha value is -2.82. The Balaban J connectivity index is 1.25. The Kier molecular flexibility index (Phi) is 5.10. The highest BCUT2D eigenvalue weighted by Gasteiger charge is 2.29. The van der Waals surface area contributed by atoms with Crippen LogP contribution in [-0.2, 0) is 4.79 Å². The van der Waals surface area contributed by atoms with Crippen LogP contribution >= 0.6 is 0 Å². The van der Waals surface area contributed by atoms with E-state index in [0.29, 0.717) is 18.0 Å². The van der Waals surface area contributed by atoms with E-state index in [1.54, 1.807) is 24.3 Å². The standard InChI is InChI=1S/C22H25N3O2/c26-21(17-8-10-19(11-9-17)24-22(27)18-6-7-18)23-14-16-12-13-25(15-16)20-4-2-1-3-5-20/h1-5,8-11,16,18H,6-7,12-15H2,(H,23,26)(H,24,27). The Morgan fingerprint density at radius 3 is 2.41 bits per heavy atom. The second-order valence-electron chi connectivity index (χ2n) is 7.49. The average molecular weight is 363 g/mol. The van der Waals surface area contributed by atoms with E-state index in [2.05, 4.69) is 39.8 Å². The Labute approximate surface area is 159 Å². The predicted octanol–water partition coefficient (Wildman–Crippen LogP) is 3.29. The van der Waals surface area contributed by atoms with Crippen molar-refractivity contribution in [3.8, 4) is 0 Å². The molecule has 2 amide bonds. The molecule has 140 valence electrons. The minimum Gasteiger partial charge on any atom is -0.371 e. The van der Waals surface area contributed by atoms with Crippen molar-refractivity contribution in [3.05, 3.63) is 60.2 Å². The van der Waals surface area contributed by atoms with Crippen molar-refractivity contribution in [2.75, 3.05) is 29.9 Å². The van der Waals surface area contributed by atoms with Crippen molar-refractivity contribution >= 4 is 23.2 Å². The van der Waals surface area contributed by atoms with Crippen LogP contribution in [-0.4, -0.2) is 31.4 Å². The summed E-state index contributed by atoms with van der Waals surface area (Å²) in [4.78, 5) is 26.5. The van der Waals surface area contributed by atoms with Crippen molar-refractivity contribution < 1.29 is 9.59 Å². The van der Waals surface area contributed by atoms with E-state index < -0.39 is 0 Å². The maximum absolute atomic E-state index is 12.4. The molecule has 1 heterocycles. The summed E-state index contributed by atoms with van der Waals surface area (Å²) < 4.78 is 0. The highest BCUT2D eigenvalue weighted by molar-refractivity contribution is 5.96. The molecule has 1 aliphatic carbocycles. The van der Waals surface area contributed by atoms with Gasteiger partial charge in [-0.05, 0) is 61.6 Å². The summed E-state index contributed by atoms with van der Waals surface area (Å²) in [6, 6.07) is 17.5. The van der Waals surface area contributed by atoms with Gasteiger partial charge >= 0.3 is 0 Å². The smallest absolute Gasteiger partial charge is 0.251 e. The second kappa shape index (κ2) is 7.82. The van der Waals surface area contributed by atoms with Crippen molar-refractivity contribution in [2.45, 2.75) is 19.3 Å². The highest BCUT2D eigenvalue weighted by atomic mass is 16.2. The van der Waals surface area contributed by atoms with E-state index in [1.807, 2.05) is 6.07 Å². The molecular formula is C22H25N3O2. The van der Waals surface area contributed by atoms with Crippen LogP contribution in [0.15, 0.2) is 54.6 Å². The zero-order valence-corrected chi connectivity index (χ0v) is 15.4. The first-order chi connectivity index (χ1) is 13.2. The van der Waals surface area contributed by atoms with Gasteiger partial charge in [0, 0.05) is 42.5 Å². The van der Waals surface area contributed by atoms with Gasteiger partial charge < -0.3 is 15.5 Å². The molecule has 1 atom stereocenters. The summed E-state index contributed by atoms with van der Waals surface area (Å²) in [5.41, 5.74) is 2.62. The molecule has 0 aromatic heterocycles. The number of hydrogen-bond donors (Lipinski definition) is 2. The van der Waals surface area contributed by atoms with Crippen LogP contribution < -0.4 is 15.5 Å². The molecule has 0 bridgehead atoms. The number of anilines is 2. The molecule has 0 radical (unpaired) electrons. The fourth-order valence-electron chi connectivity index (χ4n) is 3.51. The van der Waals surface area contributed by atoms with Crippen LogP contribution in [0.4, 0.5) is 11.4 Å². The number of para-hydroxylation sites is 1. The molecule has 1 saturated carbocycles. The lowest BCUT2D eigenvalue weighted by molar-refractivity contribution is -0.117. The number of nitrogens with zero attached hydrogens (tertiary/aromatic N) is 1. The first kappa shape index (κ1) is 17.6. The Bertz CT molecular complexity index is 800. The second-order valence-corrected chi connectivity index (χ2v) is 7.49. The average Bonchev–Trinajstić information content (AvgIpc) is 3.46. The van der Waals surface area contributed by atoms with Gasteiger partial charge in [-0.3, -0.25) is 9.59 Å². The number of carbonyl (C=O) groups excluding carboxylic acids is 2. The molecule has 5 nitrogen and oxygen atoms in total. The molecule has 1 saturated heterocycles. The maximum atomic E-state index is 12.4. The predicted molar refractivity (Wildman–Crippen MR) is 107 cm³/mol. The summed E-state index contributed by atoms with van der Waals surface area (Å²) in [5.74, 6) is 0.658. The van der Waals surface area contributed by atoms with E-state index in [1.165, 1.54) is 5.69 Å². The van der Waals surface area contributed by atoms with E-state index in [4.69, 9.17) is 0 Å². The lowest BCUT2D eigenvalue weighted by Crippen LogP contribution is -2.31. The van der Waals surface area contributed by atoms with Gasteiger partial charge in [-0.1, -0.05) is 18.2 Å². The van der Waals surface area contributed by atoms with Gasteiger partial charge in [0.05, 0.1) is 0 Å². The zero-order valence-electron chi connectivity index (χ0n) is 15.4. The number of amides is 2. The third-order valence-electron chi connectivity index (χ3n) is 5.32. The fraction of sp³-hybridized carbons (Fsp3) is 0.364. The molecule has 1 aliphatic heterocycles. The molecule has 5 heteroatoms. The molecular weight excluding hydrogens is 338 g/mol. The zero-order chi connectivity index (χ0) is 18.6. The molecule has 1 unspecified atom stereocenters. The summed E-state index contributed by atoms with van der Waals surface area (Å²) in [6.45, 7) is 2.68. The van der Waals surface area contributed by atoms with E-state index in [0.717, 1.165) is 38.0 Å². The number of rotatable bonds is 6. The third-order valence-corrected chi connectivity index (χ3v) is 5.32. The molecule has 2 aromatic rings. The van der Waals surface area contributed by atoms with Gasteiger partial charge in [0.2, 0.25) is 5.91 Å². The molecule has 2 fully saturated rings. The fourth-order valence-corrected chi connectivity index (χ4v) is 3.51. The van der Waals surface area contributed by atoms with Crippen LogP contribution in [0.3, 0.4) is 0 Å². The van der Waals surface area contributed by atoms with Crippen LogP contribution in [0.5, 0.6) is 0 Å². The topological polar surface area (TPSA) is 61.4 Å². The number of benzene rings is 2. The Morgan fingerprint density at radius 2 is 1.70 bits per heavy atom. The van der Waals surface area contributed by atoms with Crippen LogP contribution in [0.2, 0.25) is 0 Å². The van der Waals surface area contributed by atoms with Crippen molar-refractivity contribution in [1.29, 1.82) is 0 Å². The quantitative estimate of drug-likeness (QED) is 0.828. The molecule has 2 aromatic carbocycles. The number of nitrogens with one attached hydrogen (secondary N) is 2. The van der Waals surface area contributed by atoms with E-state index in [9.17, 15) is 9.59 Å². The van der Waals surface area contributed by atoms with Gasteiger partial charge in [-0.2, -0.15) is 0 Å². The van der Waals surface area contributed by atoms with E-state index >= 15 is 0 Å². The first-order valence-corrected chi connectivity index (χ1v) is 9.68. The van der Waals surface area contributed by atoms with Gasteiger partial charge in [-0.25, -0.2) is 0 Å². The van der Waals surface area contributed by atoms with Gasteiger partial charge in [0.1, 0.15) is 0 Å². The molecule has 27 heavy (non-hydrogen) atoms. The SMILES string of the molecule is O=C(NCC1CCN(c2ccccc2)C1)c1ccc(NC(=O)C2CC2)cc1. The normalized spacial score (nSPS) is 19.0. The number of hydrogen-bond acceptors (Lipinski definition) is 3. The first-order valence-electron chi connectivity index (χ1n) is 9.68. The monoisotopic (exact) mass is 363 g/mol. The minimum absolute atomic E-state index is 0.0618. The molecule has 2 aliphatic rings.